The molecule has 1 N–H and O–H groups in total. The molecular formula is C8H12O3. The van der Waals surface area contributed by atoms with E-state index in [2.05, 4.69) is 4.74 Å². The fourth-order valence-electron chi connectivity index (χ4n) is 2.17. The van der Waals surface area contributed by atoms with Crippen molar-refractivity contribution in [3.63, 3.8) is 0 Å². The molecule has 3 nitrogen and oxygen atoms in total. The van der Waals surface area contributed by atoms with E-state index >= 15 is 0 Å². The lowest BCUT2D eigenvalue weighted by Crippen LogP contribution is -2.18. The molecule has 0 heterocycles. The van der Waals surface area contributed by atoms with Gasteiger partial charge < -0.3 is 9.84 Å². The Morgan fingerprint density at radius 1 is 1.45 bits per heavy atom. The van der Waals surface area contributed by atoms with Gasteiger partial charge in [-0.3, -0.25) is 4.79 Å². The van der Waals surface area contributed by atoms with Crippen LogP contribution < -0.4 is 0 Å². The van der Waals surface area contributed by atoms with Crippen LogP contribution in [-0.4, -0.2) is 24.3 Å². The van der Waals surface area contributed by atoms with E-state index < -0.39 is 0 Å². The number of hydrogen-bond acceptors (Lipinski definition) is 3. The molecule has 0 spiro atoms. The molecule has 0 saturated heterocycles. The van der Waals surface area contributed by atoms with Crippen LogP contribution in [-0.2, 0) is 9.53 Å². The van der Waals surface area contributed by atoms with Crippen LogP contribution in [0.1, 0.15) is 12.8 Å². The summed E-state index contributed by atoms with van der Waals surface area (Å²) in [5, 5.41) is 9.35. The number of rotatable bonds is 1. The third kappa shape index (κ3) is 0.948. The van der Waals surface area contributed by atoms with Gasteiger partial charge in [-0.1, -0.05) is 0 Å². The van der Waals surface area contributed by atoms with Crippen LogP contribution in [0.25, 0.3) is 0 Å². The summed E-state index contributed by atoms with van der Waals surface area (Å²) in [4.78, 5) is 11.1. The number of carbonyl (C=O) groups excluding carboxylic acids is 1. The highest BCUT2D eigenvalue weighted by atomic mass is 16.5. The molecule has 0 aromatic rings. The quantitative estimate of drug-likeness (QED) is 0.551. The summed E-state index contributed by atoms with van der Waals surface area (Å²) in [6, 6.07) is 0. The van der Waals surface area contributed by atoms with Crippen LogP contribution >= 0.6 is 0 Å². The maximum absolute atomic E-state index is 11.1. The van der Waals surface area contributed by atoms with Crippen LogP contribution in [0.4, 0.5) is 0 Å². The molecule has 62 valence electrons. The molecule has 0 bridgehead atoms. The average Bonchev–Trinajstić information content (AvgIpc) is 2.72. The Kier molecular flexibility index (Phi) is 1.42. The zero-order chi connectivity index (χ0) is 8.01. The van der Waals surface area contributed by atoms with E-state index in [1.165, 1.54) is 7.11 Å². The van der Waals surface area contributed by atoms with Crippen LogP contribution in [0.3, 0.4) is 0 Å². The first kappa shape index (κ1) is 7.10. The fraction of sp³-hybridized carbons (Fsp3) is 0.875. The molecule has 0 radical (unpaired) electrons. The summed E-state index contributed by atoms with van der Waals surface area (Å²) in [5.41, 5.74) is 0. The second-order valence-corrected chi connectivity index (χ2v) is 3.50. The van der Waals surface area contributed by atoms with E-state index in [1.54, 1.807) is 0 Å². The van der Waals surface area contributed by atoms with E-state index in [-0.39, 0.29) is 18.0 Å². The molecule has 11 heavy (non-hydrogen) atoms. The van der Waals surface area contributed by atoms with Crippen molar-refractivity contribution in [1.29, 1.82) is 0 Å². The molecule has 0 aromatic heterocycles. The summed E-state index contributed by atoms with van der Waals surface area (Å²) in [5.74, 6) is 0.672. The van der Waals surface area contributed by atoms with Crippen LogP contribution in [0.5, 0.6) is 0 Å². The Bertz CT molecular complexity index is 190. The standard InChI is InChI=1S/C8H12O3/c1-11-8(10)6-3-7(9)5-2-4(5)6/h4-7,9H,2-3H2,1H3. The van der Waals surface area contributed by atoms with Gasteiger partial charge in [0.1, 0.15) is 0 Å². The Balaban J connectivity index is 2.02. The number of ether oxygens (including phenoxy) is 1. The average molecular weight is 156 g/mol. The Hall–Kier alpha value is -0.570. The molecule has 0 amide bonds. The minimum absolute atomic E-state index is 0.0139. The van der Waals surface area contributed by atoms with E-state index in [1.807, 2.05) is 0 Å². The number of hydrogen-bond donors (Lipinski definition) is 1. The molecule has 0 aromatic carbocycles. The number of fused-ring (bicyclic) bond motifs is 1. The van der Waals surface area contributed by atoms with Gasteiger partial charge in [0, 0.05) is 0 Å². The predicted molar refractivity (Wildman–Crippen MR) is 37.7 cm³/mol. The number of methoxy groups -OCH3 is 1. The van der Waals surface area contributed by atoms with Gasteiger partial charge in [-0.25, -0.2) is 0 Å². The van der Waals surface area contributed by atoms with Crippen molar-refractivity contribution < 1.29 is 14.6 Å². The summed E-state index contributed by atoms with van der Waals surface area (Å²) in [7, 11) is 1.41. The Morgan fingerprint density at radius 3 is 2.55 bits per heavy atom. The summed E-state index contributed by atoms with van der Waals surface area (Å²) in [6.07, 6.45) is 1.38. The maximum Gasteiger partial charge on any atom is 0.309 e. The molecule has 2 saturated carbocycles. The highest BCUT2D eigenvalue weighted by Crippen LogP contribution is 2.55. The summed E-state index contributed by atoms with van der Waals surface area (Å²) in [6.45, 7) is 0. The third-order valence-corrected chi connectivity index (χ3v) is 2.90. The van der Waals surface area contributed by atoms with E-state index in [0.717, 1.165) is 6.42 Å². The van der Waals surface area contributed by atoms with Crippen LogP contribution in [0, 0.1) is 17.8 Å². The summed E-state index contributed by atoms with van der Waals surface area (Å²) >= 11 is 0. The lowest BCUT2D eigenvalue weighted by Gasteiger charge is -2.09. The van der Waals surface area contributed by atoms with Gasteiger partial charge in [0.05, 0.1) is 19.1 Å². The van der Waals surface area contributed by atoms with Gasteiger partial charge in [-0.05, 0) is 24.7 Å². The molecule has 2 rings (SSSR count). The highest BCUT2D eigenvalue weighted by Gasteiger charge is 2.56. The topological polar surface area (TPSA) is 46.5 Å². The van der Waals surface area contributed by atoms with Crippen molar-refractivity contribution in [3.8, 4) is 0 Å². The zero-order valence-corrected chi connectivity index (χ0v) is 6.49. The summed E-state index contributed by atoms with van der Waals surface area (Å²) < 4.78 is 4.63. The largest absolute Gasteiger partial charge is 0.469 e. The number of aliphatic hydroxyl groups is 1. The zero-order valence-electron chi connectivity index (χ0n) is 6.49. The van der Waals surface area contributed by atoms with Gasteiger partial charge in [0.25, 0.3) is 0 Å². The third-order valence-electron chi connectivity index (χ3n) is 2.90. The SMILES string of the molecule is COC(=O)C1CC(O)C2CC12. The van der Waals surface area contributed by atoms with E-state index in [9.17, 15) is 9.90 Å². The highest BCUT2D eigenvalue weighted by molar-refractivity contribution is 5.73. The van der Waals surface area contributed by atoms with Crippen LogP contribution in [0.2, 0.25) is 0 Å². The molecule has 4 unspecified atom stereocenters. The molecular weight excluding hydrogens is 144 g/mol. The van der Waals surface area contributed by atoms with Gasteiger partial charge in [0.2, 0.25) is 0 Å². The minimum Gasteiger partial charge on any atom is -0.469 e. The van der Waals surface area contributed by atoms with Crippen molar-refractivity contribution in [1.82, 2.24) is 0 Å². The van der Waals surface area contributed by atoms with Gasteiger partial charge in [0.15, 0.2) is 0 Å². The predicted octanol–water partition coefficient (Wildman–Crippen LogP) is 0.176. The Morgan fingerprint density at radius 2 is 2.18 bits per heavy atom. The smallest absolute Gasteiger partial charge is 0.309 e. The van der Waals surface area contributed by atoms with Gasteiger partial charge >= 0.3 is 5.97 Å². The van der Waals surface area contributed by atoms with Crippen molar-refractivity contribution in [2.45, 2.75) is 18.9 Å². The van der Waals surface area contributed by atoms with Gasteiger partial charge in [-0.15, -0.1) is 0 Å². The number of carbonyl (C=O) groups is 1. The number of esters is 1. The van der Waals surface area contributed by atoms with Crippen LogP contribution in [0.15, 0.2) is 0 Å². The van der Waals surface area contributed by atoms with Crippen molar-refractivity contribution in [2.24, 2.45) is 17.8 Å². The minimum atomic E-state index is -0.246. The first-order valence-corrected chi connectivity index (χ1v) is 4.00. The second-order valence-electron chi connectivity index (χ2n) is 3.50. The van der Waals surface area contributed by atoms with Crippen molar-refractivity contribution >= 4 is 5.97 Å². The fourth-order valence-corrected chi connectivity index (χ4v) is 2.17. The van der Waals surface area contributed by atoms with Crippen molar-refractivity contribution in [3.05, 3.63) is 0 Å². The first-order valence-electron chi connectivity index (χ1n) is 4.00. The van der Waals surface area contributed by atoms with Gasteiger partial charge in [-0.2, -0.15) is 0 Å². The van der Waals surface area contributed by atoms with E-state index in [0.29, 0.717) is 18.3 Å². The molecule has 4 atom stereocenters. The number of aliphatic hydroxyl groups excluding tert-OH is 1. The Labute approximate surface area is 65.4 Å². The monoisotopic (exact) mass is 156 g/mol. The first-order chi connectivity index (χ1) is 5.24. The second kappa shape index (κ2) is 2.21. The molecule has 2 aliphatic rings. The molecule has 2 fully saturated rings. The van der Waals surface area contributed by atoms with E-state index in [4.69, 9.17) is 0 Å². The van der Waals surface area contributed by atoms with Crippen molar-refractivity contribution in [2.75, 3.05) is 7.11 Å². The molecule has 2 aliphatic carbocycles. The maximum atomic E-state index is 11.1. The lowest BCUT2D eigenvalue weighted by molar-refractivity contribution is -0.146. The molecule has 3 heteroatoms. The lowest BCUT2D eigenvalue weighted by atomic mass is 10.0. The molecule has 0 aliphatic heterocycles. The normalized spacial score (nSPS) is 46.7.